The summed E-state index contributed by atoms with van der Waals surface area (Å²) in [6.45, 7) is 2.09. The van der Waals surface area contributed by atoms with E-state index in [1.807, 2.05) is 59.2 Å². The van der Waals surface area contributed by atoms with Crippen LogP contribution in [0.5, 0.6) is 0 Å². The molecule has 28 heavy (non-hydrogen) atoms. The minimum Gasteiger partial charge on any atom is -0.276 e. The van der Waals surface area contributed by atoms with Gasteiger partial charge in [0.05, 0.1) is 5.52 Å². The van der Waals surface area contributed by atoms with Gasteiger partial charge in [0.2, 0.25) is 0 Å². The molecule has 2 heteroatoms. The van der Waals surface area contributed by atoms with Crippen molar-refractivity contribution in [2.24, 2.45) is 0 Å². The van der Waals surface area contributed by atoms with Gasteiger partial charge in [-0.3, -0.25) is 9.36 Å². The van der Waals surface area contributed by atoms with Crippen molar-refractivity contribution < 1.29 is 0 Å². The average Bonchev–Trinajstić information content (AvgIpc) is 2.75. The van der Waals surface area contributed by atoms with Crippen LogP contribution in [0.3, 0.4) is 0 Å². The van der Waals surface area contributed by atoms with Crippen LogP contribution in [-0.4, -0.2) is 4.57 Å². The number of benzene rings is 4. The Balaban J connectivity index is 1.89. The van der Waals surface area contributed by atoms with E-state index < -0.39 is 0 Å². The van der Waals surface area contributed by atoms with Crippen LogP contribution in [0.15, 0.2) is 102 Å². The van der Waals surface area contributed by atoms with Crippen LogP contribution >= 0.6 is 0 Å². The second-order valence-corrected chi connectivity index (χ2v) is 7.12. The molecule has 5 aromatic rings. The van der Waals surface area contributed by atoms with E-state index in [-0.39, 0.29) is 5.56 Å². The molecule has 1 aromatic heterocycles. The van der Waals surface area contributed by atoms with E-state index in [4.69, 9.17) is 0 Å². The summed E-state index contributed by atoms with van der Waals surface area (Å²) < 4.78 is 1.82. The van der Waals surface area contributed by atoms with Crippen LogP contribution in [0.4, 0.5) is 0 Å². The molecular formula is C26H19NO. The number of hydrogen-bond acceptors (Lipinski definition) is 1. The Labute approximate surface area is 163 Å². The Morgan fingerprint density at radius 3 is 2.00 bits per heavy atom. The van der Waals surface area contributed by atoms with Gasteiger partial charge in [0.25, 0.3) is 5.56 Å². The van der Waals surface area contributed by atoms with Crippen molar-refractivity contribution >= 4 is 21.7 Å². The number of pyridine rings is 1. The highest BCUT2D eigenvalue weighted by Crippen LogP contribution is 2.30. The van der Waals surface area contributed by atoms with Gasteiger partial charge in [0, 0.05) is 16.5 Å². The maximum absolute atomic E-state index is 13.3. The largest absolute Gasteiger partial charge is 0.276 e. The Kier molecular flexibility index (Phi) is 3.84. The zero-order valence-electron chi connectivity index (χ0n) is 15.6. The molecule has 134 valence electrons. The van der Waals surface area contributed by atoms with Gasteiger partial charge in [-0.05, 0) is 53.8 Å². The molecule has 0 N–H and O–H groups in total. The summed E-state index contributed by atoms with van der Waals surface area (Å²) in [4.78, 5) is 13.3. The average molecular weight is 361 g/mol. The van der Waals surface area contributed by atoms with E-state index in [2.05, 4.69) is 49.4 Å². The first-order valence-electron chi connectivity index (χ1n) is 9.42. The van der Waals surface area contributed by atoms with Crippen LogP contribution in [0.25, 0.3) is 38.5 Å². The molecule has 0 atom stereocenters. The van der Waals surface area contributed by atoms with Gasteiger partial charge >= 0.3 is 0 Å². The van der Waals surface area contributed by atoms with Crippen molar-refractivity contribution in [3.63, 3.8) is 0 Å². The van der Waals surface area contributed by atoms with Crippen molar-refractivity contribution in [2.45, 2.75) is 6.92 Å². The third-order valence-corrected chi connectivity index (χ3v) is 5.29. The first kappa shape index (κ1) is 16.5. The molecule has 0 unspecified atom stereocenters. The first-order valence-corrected chi connectivity index (χ1v) is 9.42. The van der Waals surface area contributed by atoms with Crippen LogP contribution in [0.1, 0.15) is 5.56 Å². The van der Waals surface area contributed by atoms with Crippen LogP contribution in [-0.2, 0) is 0 Å². The lowest BCUT2D eigenvalue weighted by atomic mass is 9.99. The quantitative estimate of drug-likeness (QED) is 0.347. The highest BCUT2D eigenvalue weighted by atomic mass is 16.1. The van der Waals surface area contributed by atoms with Crippen LogP contribution < -0.4 is 5.56 Å². The lowest BCUT2D eigenvalue weighted by Crippen LogP contribution is -2.19. The molecule has 0 aliphatic carbocycles. The maximum atomic E-state index is 13.3. The zero-order chi connectivity index (χ0) is 19.1. The van der Waals surface area contributed by atoms with Crippen molar-refractivity contribution in [3.8, 4) is 16.8 Å². The van der Waals surface area contributed by atoms with Gasteiger partial charge in [0.1, 0.15) is 0 Å². The second kappa shape index (κ2) is 6.50. The summed E-state index contributed by atoms with van der Waals surface area (Å²) in [5.74, 6) is 0. The molecule has 0 amide bonds. The predicted molar refractivity (Wildman–Crippen MR) is 117 cm³/mol. The van der Waals surface area contributed by atoms with Crippen molar-refractivity contribution in [2.75, 3.05) is 0 Å². The fraction of sp³-hybridized carbons (Fsp3) is 0.0385. The highest BCUT2D eigenvalue weighted by molar-refractivity contribution is 6.07. The molecule has 0 saturated carbocycles. The number of hydrogen-bond donors (Lipinski definition) is 0. The Hall–Kier alpha value is -3.65. The minimum atomic E-state index is 0.0115. The van der Waals surface area contributed by atoms with Gasteiger partial charge in [-0.1, -0.05) is 72.3 Å². The van der Waals surface area contributed by atoms with Crippen molar-refractivity contribution in [3.05, 3.63) is 113 Å². The standard InChI is InChI=1S/C26H19NO/c1-18-11-13-19(14-12-18)20-15-16-25-24(17-20)22-9-5-6-10-23(22)26(28)27(25)21-7-3-2-4-8-21/h2-17H,1H3. The molecule has 0 spiro atoms. The molecule has 0 saturated heterocycles. The number of nitrogens with zero attached hydrogens (tertiary/aromatic N) is 1. The molecule has 0 aliphatic rings. The molecule has 0 radical (unpaired) electrons. The Morgan fingerprint density at radius 2 is 1.25 bits per heavy atom. The summed E-state index contributed by atoms with van der Waals surface area (Å²) in [5, 5.41) is 2.81. The van der Waals surface area contributed by atoms with Crippen LogP contribution in [0.2, 0.25) is 0 Å². The third kappa shape index (κ3) is 2.62. The smallest absolute Gasteiger partial charge is 0.263 e. The zero-order valence-corrected chi connectivity index (χ0v) is 15.6. The lowest BCUT2D eigenvalue weighted by molar-refractivity contribution is 1.06. The number of para-hydroxylation sites is 1. The summed E-state index contributed by atoms with van der Waals surface area (Å²) in [7, 11) is 0. The van der Waals surface area contributed by atoms with E-state index >= 15 is 0 Å². The van der Waals surface area contributed by atoms with E-state index in [1.165, 1.54) is 11.1 Å². The Morgan fingerprint density at radius 1 is 0.607 bits per heavy atom. The summed E-state index contributed by atoms with van der Waals surface area (Å²) in [6.07, 6.45) is 0. The summed E-state index contributed by atoms with van der Waals surface area (Å²) in [6, 6.07) is 32.6. The fourth-order valence-electron chi connectivity index (χ4n) is 3.84. The molecule has 0 fully saturated rings. The molecule has 2 nitrogen and oxygen atoms in total. The molecule has 1 heterocycles. The van der Waals surface area contributed by atoms with Gasteiger partial charge in [-0.2, -0.15) is 0 Å². The normalized spacial score (nSPS) is 11.2. The number of rotatable bonds is 2. The molecular weight excluding hydrogens is 342 g/mol. The van der Waals surface area contributed by atoms with Gasteiger partial charge in [-0.15, -0.1) is 0 Å². The maximum Gasteiger partial charge on any atom is 0.263 e. The Bertz CT molecular complexity index is 1360. The van der Waals surface area contributed by atoms with Crippen LogP contribution in [0, 0.1) is 6.92 Å². The number of aryl methyl sites for hydroxylation is 1. The minimum absolute atomic E-state index is 0.0115. The second-order valence-electron chi connectivity index (χ2n) is 7.12. The molecule has 0 bridgehead atoms. The summed E-state index contributed by atoms with van der Waals surface area (Å²) >= 11 is 0. The molecule has 4 aromatic carbocycles. The third-order valence-electron chi connectivity index (χ3n) is 5.29. The van der Waals surface area contributed by atoms with Gasteiger partial charge in [-0.25, -0.2) is 0 Å². The summed E-state index contributed by atoms with van der Waals surface area (Å²) in [5.41, 5.74) is 5.38. The topological polar surface area (TPSA) is 22.0 Å². The molecule has 5 rings (SSSR count). The highest BCUT2D eigenvalue weighted by Gasteiger charge is 2.12. The van der Waals surface area contributed by atoms with Crippen molar-refractivity contribution in [1.82, 2.24) is 4.57 Å². The van der Waals surface area contributed by atoms with Crippen molar-refractivity contribution in [1.29, 1.82) is 0 Å². The molecule has 0 aliphatic heterocycles. The lowest BCUT2D eigenvalue weighted by Gasteiger charge is -2.14. The number of aromatic nitrogens is 1. The van der Waals surface area contributed by atoms with Gasteiger partial charge in [0.15, 0.2) is 0 Å². The van der Waals surface area contributed by atoms with E-state index in [9.17, 15) is 4.79 Å². The van der Waals surface area contributed by atoms with E-state index in [0.717, 1.165) is 32.9 Å². The SMILES string of the molecule is Cc1ccc(-c2ccc3c(c2)c2ccccc2c(=O)n3-c2ccccc2)cc1. The number of fused-ring (bicyclic) bond motifs is 3. The van der Waals surface area contributed by atoms with E-state index in [1.54, 1.807) is 0 Å². The fourth-order valence-corrected chi connectivity index (χ4v) is 3.84. The van der Waals surface area contributed by atoms with Gasteiger partial charge < -0.3 is 0 Å². The van der Waals surface area contributed by atoms with E-state index in [0.29, 0.717) is 0 Å². The monoisotopic (exact) mass is 361 g/mol. The first-order chi connectivity index (χ1) is 13.7. The predicted octanol–water partition coefficient (Wildman–Crippen LogP) is 6.12.